The van der Waals surface area contributed by atoms with E-state index in [4.69, 9.17) is 47.5 Å². The molecule has 0 aromatic heterocycles. The maximum atomic E-state index is 13.9. The minimum atomic E-state index is -1.56. The Morgan fingerprint density at radius 2 is 1.85 bits per heavy atom. The van der Waals surface area contributed by atoms with Crippen LogP contribution in [0.15, 0.2) is 47.5 Å². The number of ether oxygens (including phenoxy) is 3. The third-order valence-corrected chi connectivity index (χ3v) is 6.82. The van der Waals surface area contributed by atoms with Crippen molar-refractivity contribution in [2.75, 3.05) is 19.8 Å². The molecule has 2 aromatic rings. The Balaban J connectivity index is 2.03. The van der Waals surface area contributed by atoms with E-state index in [1.807, 2.05) is 0 Å². The number of halogens is 2. The molecule has 0 saturated carbocycles. The molecule has 0 saturated heterocycles. The van der Waals surface area contributed by atoms with E-state index >= 15 is 0 Å². The fourth-order valence-electron chi connectivity index (χ4n) is 4.26. The van der Waals surface area contributed by atoms with Gasteiger partial charge in [0.15, 0.2) is 11.6 Å². The summed E-state index contributed by atoms with van der Waals surface area (Å²) in [6.45, 7) is 8.39. The van der Waals surface area contributed by atoms with Gasteiger partial charge in [-0.25, -0.2) is 10.4 Å². The van der Waals surface area contributed by atoms with E-state index in [-0.39, 0.29) is 25.3 Å². The molecule has 0 radical (unpaired) electrons. The number of rotatable bonds is 14. The van der Waals surface area contributed by atoms with Crippen LogP contribution in [0.3, 0.4) is 0 Å². The second-order valence-corrected chi connectivity index (χ2v) is 11.6. The Bertz CT molecular complexity index is 1220. The van der Waals surface area contributed by atoms with Gasteiger partial charge in [-0.1, -0.05) is 42.6 Å². The van der Waals surface area contributed by atoms with Crippen LogP contribution >= 0.6 is 23.2 Å². The van der Waals surface area contributed by atoms with Gasteiger partial charge in [-0.3, -0.25) is 15.0 Å². The second-order valence-electron chi connectivity index (χ2n) is 10.8. The number of esters is 1. The normalized spacial score (nSPS) is 18.4. The van der Waals surface area contributed by atoms with Crippen molar-refractivity contribution in [2.24, 2.45) is 4.99 Å². The average molecular weight is 609 g/mol. The molecular weight excluding hydrogens is 569 g/mol. The van der Waals surface area contributed by atoms with Gasteiger partial charge in [0, 0.05) is 47.2 Å². The predicted octanol–water partition coefficient (Wildman–Crippen LogP) is 5.55. The van der Waals surface area contributed by atoms with Crippen molar-refractivity contribution in [1.82, 2.24) is 10.9 Å². The van der Waals surface area contributed by atoms with Gasteiger partial charge in [0.25, 0.3) is 5.91 Å². The summed E-state index contributed by atoms with van der Waals surface area (Å²) < 4.78 is 17.6. The lowest BCUT2D eigenvalue weighted by Crippen LogP contribution is -2.53. The summed E-state index contributed by atoms with van der Waals surface area (Å²) in [5.74, 6) is -0.0901. The van der Waals surface area contributed by atoms with Crippen molar-refractivity contribution in [3.05, 3.63) is 63.6 Å². The van der Waals surface area contributed by atoms with Crippen molar-refractivity contribution < 1.29 is 28.9 Å². The molecule has 41 heavy (non-hydrogen) atoms. The van der Waals surface area contributed by atoms with E-state index in [2.05, 4.69) is 17.8 Å². The third-order valence-electron chi connectivity index (χ3n) is 6.26. The van der Waals surface area contributed by atoms with Crippen molar-refractivity contribution in [1.29, 1.82) is 0 Å². The number of amides is 1. The van der Waals surface area contributed by atoms with Gasteiger partial charge in [-0.05, 0) is 70.0 Å². The largest absolute Gasteiger partial charge is 0.494 e. The van der Waals surface area contributed by atoms with Gasteiger partial charge in [0.05, 0.1) is 6.61 Å². The molecule has 11 heteroatoms. The highest BCUT2D eigenvalue weighted by Gasteiger charge is 2.54. The van der Waals surface area contributed by atoms with Crippen LogP contribution in [0.5, 0.6) is 5.75 Å². The Hall–Kier alpha value is -2.85. The van der Waals surface area contributed by atoms with E-state index < -0.39 is 29.1 Å². The number of carbonyl (C=O) groups is 2. The van der Waals surface area contributed by atoms with Crippen LogP contribution in [0.25, 0.3) is 0 Å². The molecule has 1 heterocycles. The summed E-state index contributed by atoms with van der Waals surface area (Å²) in [4.78, 5) is 31.6. The number of aliphatic imine (C=N–C) groups is 1. The van der Waals surface area contributed by atoms with Crippen molar-refractivity contribution in [3.8, 4) is 5.75 Å². The smallest absolute Gasteiger partial charge is 0.306 e. The minimum Gasteiger partial charge on any atom is -0.494 e. The lowest BCUT2D eigenvalue weighted by atomic mass is 9.83. The van der Waals surface area contributed by atoms with Gasteiger partial charge in [-0.15, -0.1) is 0 Å². The number of hydrogen-bond donors (Lipinski definition) is 3. The summed E-state index contributed by atoms with van der Waals surface area (Å²) in [5, 5.41) is 9.73. The minimum absolute atomic E-state index is 0.00131. The van der Waals surface area contributed by atoms with Gasteiger partial charge < -0.3 is 19.3 Å². The molecule has 0 unspecified atom stereocenters. The third kappa shape index (κ3) is 9.07. The highest BCUT2D eigenvalue weighted by Crippen LogP contribution is 2.45. The summed E-state index contributed by atoms with van der Waals surface area (Å²) in [6, 6.07) is 12.0. The summed E-state index contributed by atoms with van der Waals surface area (Å²) in [7, 11) is 0. The zero-order valence-electron chi connectivity index (χ0n) is 24.0. The van der Waals surface area contributed by atoms with Crippen LogP contribution < -0.4 is 15.6 Å². The fraction of sp³-hybridized carbons (Fsp3) is 0.500. The Labute approximate surface area is 251 Å². The van der Waals surface area contributed by atoms with Gasteiger partial charge >= 0.3 is 5.97 Å². The topological polar surface area (TPSA) is 118 Å². The van der Waals surface area contributed by atoms with Crippen LogP contribution in [0.1, 0.15) is 77.0 Å². The molecule has 0 fully saturated rings. The molecule has 1 amide bonds. The highest BCUT2D eigenvalue weighted by molar-refractivity contribution is 6.35. The van der Waals surface area contributed by atoms with Gasteiger partial charge in [-0.2, -0.15) is 0 Å². The number of aliphatic hydroxyl groups excluding tert-OH is 1. The molecule has 0 bridgehead atoms. The SMILES string of the molecule is CCCCNNC(=O)[C@@]1(CCC(=O)OC(C)(C)C)N=C(c2ccc(OCCCO)cc2)O[C@H]1c1ccc(Cl)cc1Cl. The Morgan fingerprint density at radius 3 is 2.49 bits per heavy atom. The number of hydrazine groups is 1. The number of nitrogens with zero attached hydrogens (tertiary/aromatic N) is 1. The van der Waals surface area contributed by atoms with Crippen LogP contribution in [-0.2, 0) is 19.1 Å². The molecule has 2 aromatic carbocycles. The van der Waals surface area contributed by atoms with Crippen LogP contribution in [0.2, 0.25) is 10.0 Å². The predicted molar refractivity (Wildman–Crippen MR) is 159 cm³/mol. The molecule has 224 valence electrons. The zero-order valence-corrected chi connectivity index (χ0v) is 25.5. The molecule has 9 nitrogen and oxygen atoms in total. The summed E-state index contributed by atoms with van der Waals surface area (Å²) >= 11 is 12.8. The first-order valence-corrected chi connectivity index (χ1v) is 14.6. The van der Waals surface area contributed by atoms with E-state index in [0.29, 0.717) is 46.5 Å². The first kappa shape index (κ1) is 32.7. The molecule has 0 aliphatic carbocycles. The van der Waals surface area contributed by atoms with Crippen molar-refractivity contribution in [3.63, 3.8) is 0 Å². The number of unbranched alkanes of at least 4 members (excludes halogenated alkanes) is 1. The number of nitrogens with one attached hydrogen (secondary N) is 2. The van der Waals surface area contributed by atoms with Crippen LogP contribution in [0.4, 0.5) is 0 Å². The maximum absolute atomic E-state index is 13.9. The molecule has 1 aliphatic heterocycles. The second kappa shape index (κ2) is 14.9. The van der Waals surface area contributed by atoms with Gasteiger partial charge in [0.1, 0.15) is 11.4 Å². The molecule has 1 aliphatic rings. The molecule has 3 N–H and O–H groups in total. The van der Waals surface area contributed by atoms with Crippen LogP contribution in [0, 0.1) is 0 Å². The first-order valence-electron chi connectivity index (χ1n) is 13.8. The quantitative estimate of drug-likeness (QED) is 0.146. The van der Waals surface area contributed by atoms with E-state index in [1.165, 1.54) is 0 Å². The van der Waals surface area contributed by atoms with Crippen molar-refractivity contribution in [2.45, 2.75) is 77.0 Å². The average Bonchev–Trinajstić information content (AvgIpc) is 3.30. The van der Waals surface area contributed by atoms with E-state index in [9.17, 15) is 9.59 Å². The number of aliphatic hydroxyl groups is 1. The lowest BCUT2D eigenvalue weighted by molar-refractivity contribution is -0.155. The number of hydrogen-bond acceptors (Lipinski definition) is 8. The first-order chi connectivity index (χ1) is 19.5. The summed E-state index contributed by atoms with van der Waals surface area (Å²) in [5.41, 5.74) is 4.62. The molecule has 3 rings (SSSR count). The molecule has 0 spiro atoms. The number of carbonyl (C=O) groups excluding carboxylic acids is 2. The highest BCUT2D eigenvalue weighted by atomic mass is 35.5. The lowest BCUT2D eigenvalue weighted by Gasteiger charge is -2.31. The zero-order chi connectivity index (χ0) is 30.0. The van der Waals surface area contributed by atoms with E-state index in [1.54, 1.807) is 63.2 Å². The maximum Gasteiger partial charge on any atom is 0.306 e. The summed E-state index contributed by atoms with van der Waals surface area (Å²) in [6.07, 6.45) is 1.27. The van der Waals surface area contributed by atoms with Gasteiger partial charge in [0.2, 0.25) is 5.90 Å². The van der Waals surface area contributed by atoms with Crippen molar-refractivity contribution >= 4 is 41.0 Å². The molecule has 2 atom stereocenters. The standard InChI is InChI=1S/C30H39Cl2N3O6/c1-5-6-16-33-35-28(38)30(15-14-25(37)41-29(2,3)4)26(23-13-10-21(31)19-24(23)32)40-27(34-30)20-8-11-22(12-9-20)39-18-7-17-36/h8-13,19,26,33,36H,5-7,14-18H2,1-4H3,(H,35,38)/t26-,30-/m0/s1. The number of benzene rings is 2. The fourth-order valence-corrected chi connectivity index (χ4v) is 4.77. The monoisotopic (exact) mass is 607 g/mol. The Kier molecular flexibility index (Phi) is 11.8. The molecular formula is C30H39Cl2N3O6. The van der Waals surface area contributed by atoms with Crippen LogP contribution in [-0.4, -0.2) is 53.8 Å². The van der Waals surface area contributed by atoms with E-state index in [0.717, 1.165) is 12.8 Å². The Morgan fingerprint density at radius 1 is 1.12 bits per heavy atom.